The average Bonchev–Trinajstić information content (AvgIpc) is 2.20. The molecule has 0 heteroatoms. The van der Waals surface area contributed by atoms with Crippen molar-refractivity contribution in [2.75, 3.05) is 0 Å². The van der Waals surface area contributed by atoms with Crippen LogP contribution in [0.5, 0.6) is 0 Å². The predicted molar refractivity (Wildman–Crippen MR) is 64.4 cm³/mol. The van der Waals surface area contributed by atoms with Gasteiger partial charge in [-0.2, -0.15) is 0 Å². The summed E-state index contributed by atoms with van der Waals surface area (Å²) >= 11 is 0. The second-order valence-corrected chi connectivity index (χ2v) is 5.44. The van der Waals surface area contributed by atoms with Gasteiger partial charge in [-0.05, 0) is 17.8 Å². The van der Waals surface area contributed by atoms with E-state index in [4.69, 9.17) is 0 Å². The molecular weight excluding hydrogens is 168 g/mol. The molecule has 0 aromatic carbocycles. The van der Waals surface area contributed by atoms with Gasteiger partial charge in [0.15, 0.2) is 0 Å². The number of hydrogen-bond donors (Lipinski definition) is 0. The minimum atomic E-state index is 0.964. The minimum absolute atomic E-state index is 0.964. The zero-order chi connectivity index (χ0) is 10.4. The minimum Gasteiger partial charge on any atom is -0.0651 e. The fourth-order valence-electron chi connectivity index (χ4n) is 2.75. The maximum atomic E-state index is 2.45. The van der Waals surface area contributed by atoms with Gasteiger partial charge in [-0.25, -0.2) is 0 Å². The van der Waals surface area contributed by atoms with Gasteiger partial charge in [0.25, 0.3) is 0 Å². The molecule has 1 fully saturated rings. The third-order valence-electron chi connectivity index (χ3n) is 4.34. The molecule has 0 N–H and O–H groups in total. The Labute approximate surface area is 90.5 Å². The Morgan fingerprint density at radius 3 is 1.93 bits per heavy atom. The fourth-order valence-corrected chi connectivity index (χ4v) is 2.75. The van der Waals surface area contributed by atoms with Crippen molar-refractivity contribution in [3.05, 3.63) is 0 Å². The van der Waals surface area contributed by atoms with Gasteiger partial charge in [-0.15, -0.1) is 0 Å². The van der Waals surface area contributed by atoms with Gasteiger partial charge in [0, 0.05) is 0 Å². The highest BCUT2D eigenvalue weighted by molar-refractivity contribution is 4.67. The molecular formula is C14H28. The summed E-state index contributed by atoms with van der Waals surface area (Å²) in [7, 11) is 0. The van der Waals surface area contributed by atoms with Crippen LogP contribution >= 0.6 is 0 Å². The third-order valence-corrected chi connectivity index (χ3v) is 4.34. The second-order valence-electron chi connectivity index (χ2n) is 5.44. The molecule has 1 aliphatic carbocycles. The lowest BCUT2D eigenvalue weighted by atomic mass is 9.82. The van der Waals surface area contributed by atoms with Crippen LogP contribution in [0.25, 0.3) is 0 Å². The van der Waals surface area contributed by atoms with Crippen LogP contribution in [-0.4, -0.2) is 0 Å². The highest BCUT2D eigenvalue weighted by Gasteiger charge is 2.15. The number of rotatable bonds is 1. The maximum absolute atomic E-state index is 2.45. The Hall–Kier alpha value is 0. The van der Waals surface area contributed by atoms with Gasteiger partial charge in [-0.3, -0.25) is 0 Å². The third kappa shape index (κ3) is 4.02. The summed E-state index contributed by atoms with van der Waals surface area (Å²) in [4.78, 5) is 0. The normalized spacial score (nSPS) is 36.6. The molecule has 0 heterocycles. The van der Waals surface area contributed by atoms with Crippen molar-refractivity contribution in [2.45, 2.75) is 72.1 Å². The summed E-state index contributed by atoms with van der Waals surface area (Å²) in [5.41, 5.74) is 0. The van der Waals surface area contributed by atoms with Crippen LogP contribution in [0.15, 0.2) is 0 Å². The molecule has 3 atom stereocenters. The highest BCUT2D eigenvalue weighted by atomic mass is 14.2. The van der Waals surface area contributed by atoms with Crippen molar-refractivity contribution in [1.82, 2.24) is 0 Å². The summed E-state index contributed by atoms with van der Waals surface area (Å²) in [6, 6.07) is 0. The van der Waals surface area contributed by atoms with Crippen molar-refractivity contribution in [2.24, 2.45) is 17.8 Å². The van der Waals surface area contributed by atoms with E-state index in [0.717, 1.165) is 17.8 Å². The standard InChI is InChI=1S/C14H28/c1-4-14-10-6-5-8-12(2)13(3)9-7-11-14/h12-14H,4-11H2,1-3H3. The first kappa shape index (κ1) is 12.1. The van der Waals surface area contributed by atoms with Crippen molar-refractivity contribution in [3.8, 4) is 0 Å². The average molecular weight is 196 g/mol. The summed E-state index contributed by atoms with van der Waals surface area (Å²) in [5, 5.41) is 0. The molecule has 1 aliphatic rings. The molecule has 0 nitrogen and oxygen atoms in total. The molecule has 0 aromatic heterocycles. The molecule has 0 spiro atoms. The predicted octanol–water partition coefficient (Wildman–Crippen LogP) is 5.03. The largest absolute Gasteiger partial charge is 0.0651 e. The molecule has 0 aliphatic heterocycles. The zero-order valence-electron chi connectivity index (χ0n) is 10.4. The molecule has 0 aromatic rings. The lowest BCUT2D eigenvalue weighted by Gasteiger charge is -2.24. The summed E-state index contributed by atoms with van der Waals surface area (Å²) in [5.74, 6) is 2.97. The van der Waals surface area contributed by atoms with Crippen LogP contribution < -0.4 is 0 Å². The van der Waals surface area contributed by atoms with E-state index in [9.17, 15) is 0 Å². The van der Waals surface area contributed by atoms with Gasteiger partial charge in [0.05, 0.1) is 0 Å². The molecule has 0 saturated heterocycles. The molecule has 14 heavy (non-hydrogen) atoms. The summed E-state index contributed by atoms with van der Waals surface area (Å²) < 4.78 is 0. The van der Waals surface area contributed by atoms with E-state index < -0.39 is 0 Å². The maximum Gasteiger partial charge on any atom is -0.0417 e. The van der Waals surface area contributed by atoms with Crippen LogP contribution in [0.1, 0.15) is 72.1 Å². The van der Waals surface area contributed by atoms with Crippen LogP contribution in [-0.2, 0) is 0 Å². The van der Waals surface area contributed by atoms with E-state index in [2.05, 4.69) is 20.8 Å². The first-order valence-corrected chi connectivity index (χ1v) is 6.74. The Morgan fingerprint density at radius 2 is 1.29 bits per heavy atom. The van der Waals surface area contributed by atoms with Crippen molar-refractivity contribution < 1.29 is 0 Å². The Morgan fingerprint density at radius 1 is 0.786 bits per heavy atom. The van der Waals surface area contributed by atoms with E-state index in [-0.39, 0.29) is 0 Å². The van der Waals surface area contributed by atoms with Gasteiger partial charge < -0.3 is 0 Å². The van der Waals surface area contributed by atoms with E-state index in [1.165, 1.54) is 51.4 Å². The van der Waals surface area contributed by atoms with Crippen LogP contribution in [0.4, 0.5) is 0 Å². The molecule has 0 bridgehead atoms. The molecule has 1 saturated carbocycles. The Balaban J connectivity index is 2.35. The van der Waals surface area contributed by atoms with Gasteiger partial charge in [-0.1, -0.05) is 72.1 Å². The van der Waals surface area contributed by atoms with Crippen LogP contribution in [0.3, 0.4) is 0 Å². The Bertz CT molecular complexity index is 135. The first-order chi connectivity index (χ1) is 6.74. The van der Waals surface area contributed by atoms with Gasteiger partial charge in [0.1, 0.15) is 0 Å². The molecule has 1 rings (SSSR count). The van der Waals surface area contributed by atoms with E-state index in [0.29, 0.717) is 0 Å². The quantitative estimate of drug-likeness (QED) is 0.552. The summed E-state index contributed by atoms with van der Waals surface area (Å²) in [6.07, 6.45) is 11.8. The first-order valence-electron chi connectivity index (χ1n) is 6.74. The van der Waals surface area contributed by atoms with Crippen molar-refractivity contribution >= 4 is 0 Å². The lowest BCUT2D eigenvalue weighted by molar-refractivity contribution is 0.285. The molecule has 3 unspecified atom stereocenters. The molecule has 0 amide bonds. The SMILES string of the molecule is CCC1CCCCC(C)C(C)CCC1. The Kier molecular flexibility index (Phi) is 5.59. The van der Waals surface area contributed by atoms with Crippen LogP contribution in [0.2, 0.25) is 0 Å². The van der Waals surface area contributed by atoms with E-state index in [1.54, 1.807) is 0 Å². The zero-order valence-corrected chi connectivity index (χ0v) is 10.4. The van der Waals surface area contributed by atoms with Gasteiger partial charge in [0.2, 0.25) is 0 Å². The van der Waals surface area contributed by atoms with Crippen molar-refractivity contribution in [3.63, 3.8) is 0 Å². The van der Waals surface area contributed by atoms with Crippen LogP contribution in [0, 0.1) is 17.8 Å². The van der Waals surface area contributed by atoms with Crippen molar-refractivity contribution in [1.29, 1.82) is 0 Å². The molecule has 84 valence electrons. The fraction of sp³-hybridized carbons (Fsp3) is 1.00. The lowest BCUT2D eigenvalue weighted by Crippen LogP contribution is -2.11. The molecule has 0 radical (unpaired) electrons. The number of hydrogen-bond acceptors (Lipinski definition) is 0. The summed E-state index contributed by atoms with van der Waals surface area (Å²) in [6.45, 7) is 7.26. The van der Waals surface area contributed by atoms with E-state index in [1.807, 2.05) is 0 Å². The second kappa shape index (κ2) is 6.48. The van der Waals surface area contributed by atoms with Gasteiger partial charge >= 0.3 is 0 Å². The van der Waals surface area contributed by atoms with E-state index >= 15 is 0 Å². The topological polar surface area (TPSA) is 0 Å². The monoisotopic (exact) mass is 196 g/mol. The highest BCUT2D eigenvalue weighted by Crippen LogP contribution is 2.28. The smallest absolute Gasteiger partial charge is 0.0417 e.